The van der Waals surface area contributed by atoms with E-state index >= 15 is 0 Å². The number of nitrogens with one attached hydrogen (secondary N) is 1. The zero-order valence-electron chi connectivity index (χ0n) is 16.0. The topological polar surface area (TPSA) is 50.7 Å². The molecule has 0 spiro atoms. The fourth-order valence-electron chi connectivity index (χ4n) is 2.75. The summed E-state index contributed by atoms with van der Waals surface area (Å²) in [6, 6.07) is 19.3. The van der Waals surface area contributed by atoms with Gasteiger partial charge in [-0.2, -0.15) is 0 Å². The highest BCUT2D eigenvalue weighted by Crippen LogP contribution is 2.37. The van der Waals surface area contributed by atoms with E-state index in [0.29, 0.717) is 31.3 Å². The second-order valence-corrected chi connectivity index (χ2v) is 7.37. The number of phenols is 1. The molecule has 0 fully saturated rings. The molecule has 3 rings (SSSR count). The van der Waals surface area contributed by atoms with Crippen molar-refractivity contribution in [2.24, 2.45) is 0 Å². The Bertz CT molecular complexity index is 908. The molecule has 2 N–H and O–H groups in total. The molecule has 0 bridgehead atoms. The van der Waals surface area contributed by atoms with Crippen molar-refractivity contribution >= 4 is 21.6 Å². The van der Waals surface area contributed by atoms with Crippen LogP contribution in [0.15, 0.2) is 65.1 Å². The van der Waals surface area contributed by atoms with Gasteiger partial charge in [0.25, 0.3) is 0 Å². The first-order valence-corrected chi connectivity index (χ1v) is 10.0. The molecule has 0 saturated heterocycles. The van der Waals surface area contributed by atoms with Crippen molar-refractivity contribution in [2.75, 3.05) is 11.9 Å². The first kappa shape index (κ1) is 20.1. The highest BCUT2D eigenvalue weighted by Gasteiger charge is 2.13. The third-order valence-corrected chi connectivity index (χ3v) is 4.83. The average molecular weight is 442 g/mol. The summed E-state index contributed by atoms with van der Waals surface area (Å²) in [5.74, 6) is 1.67. The molecule has 0 aliphatic rings. The molecule has 0 heterocycles. The molecule has 0 radical (unpaired) electrons. The highest BCUT2D eigenvalue weighted by atomic mass is 79.9. The lowest BCUT2D eigenvalue weighted by molar-refractivity contribution is 0.267. The van der Waals surface area contributed by atoms with Gasteiger partial charge in [-0.3, -0.25) is 0 Å². The standard InChI is InChI=1S/C23H24BrNO3/c1-3-27-22-13-18(14-25-19-8-10-20(26)11-9-19)12-21(24)23(22)28-15-17-6-4-16(2)5-7-17/h4-13,25-26H,3,14-15H2,1-2H3. The predicted octanol–water partition coefficient (Wildman–Crippen LogP) is 6.05. The SMILES string of the molecule is CCOc1cc(CNc2ccc(O)cc2)cc(Br)c1OCc1ccc(C)cc1. The normalized spacial score (nSPS) is 10.5. The Morgan fingerprint density at radius 1 is 0.929 bits per heavy atom. The van der Waals surface area contributed by atoms with Crippen LogP contribution in [0.5, 0.6) is 17.2 Å². The van der Waals surface area contributed by atoms with Gasteiger partial charge in [-0.1, -0.05) is 29.8 Å². The van der Waals surface area contributed by atoms with E-state index in [1.807, 2.05) is 31.2 Å². The minimum Gasteiger partial charge on any atom is -0.508 e. The summed E-state index contributed by atoms with van der Waals surface area (Å²) in [7, 11) is 0. The second kappa shape index (κ2) is 9.51. The van der Waals surface area contributed by atoms with Crippen molar-refractivity contribution in [1.29, 1.82) is 0 Å². The molecule has 0 aliphatic carbocycles. The Balaban J connectivity index is 1.73. The van der Waals surface area contributed by atoms with Crippen molar-refractivity contribution in [3.05, 3.63) is 81.8 Å². The largest absolute Gasteiger partial charge is 0.508 e. The van der Waals surface area contributed by atoms with Crippen LogP contribution in [-0.2, 0) is 13.2 Å². The zero-order valence-corrected chi connectivity index (χ0v) is 17.6. The number of hydrogen-bond donors (Lipinski definition) is 2. The number of benzene rings is 3. The molecule has 3 aromatic rings. The molecular weight excluding hydrogens is 418 g/mol. The smallest absolute Gasteiger partial charge is 0.175 e. The number of hydrogen-bond acceptors (Lipinski definition) is 4. The molecule has 0 saturated carbocycles. The Kier molecular flexibility index (Phi) is 6.82. The maximum atomic E-state index is 9.39. The van der Waals surface area contributed by atoms with Crippen molar-refractivity contribution < 1.29 is 14.6 Å². The molecule has 146 valence electrons. The summed E-state index contributed by atoms with van der Waals surface area (Å²) in [4.78, 5) is 0. The Morgan fingerprint density at radius 2 is 1.64 bits per heavy atom. The van der Waals surface area contributed by atoms with E-state index in [4.69, 9.17) is 9.47 Å². The van der Waals surface area contributed by atoms with E-state index in [2.05, 4.69) is 52.4 Å². The van der Waals surface area contributed by atoms with E-state index in [0.717, 1.165) is 21.3 Å². The number of halogens is 1. The molecule has 0 atom stereocenters. The third-order valence-electron chi connectivity index (χ3n) is 4.24. The molecule has 28 heavy (non-hydrogen) atoms. The van der Waals surface area contributed by atoms with Gasteiger partial charge in [0, 0.05) is 12.2 Å². The van der Waals surface area contributed by atoms with Gasteiger partial charge >= 0.3 is 0 Å². The monoisotopic (exact) mass is 441 g/mol. The maximum Gasteiger partial charge on any atom is 0.175 e. The van der Waals surface area contributed by atoms with Gasteiger partial charge in [0.2, 0.25) is 0 Å². The summed E-state index contributed by atoms with van der Waals surface area (Å²) in [5, 5.41) is 12.7. The first-order valence-electron chi connectivity index (χ1n) is 9.21. The van der Waals surface area contributed by atoms with Crippen LogP contribution in [0.4, 0.5) is 5.69 Å². The van der Waals surface area contributed by atoms with E-state index < -0.39 is 0 Å². The number of ether oxygens (including phenoxy) is 2. The quantitative estimate of drug-likeness (QED) is 0.417. The van der Waals surface area contributed by atoms with Crippen molar-refractivity contribution in [1.82, 2.24) is 0 Å². The maximum absolute atomic E-state index is 9.39. The van der Waals surface area contributed by atoms with Crippen LogP contribution in [-0.4, -0.2) is 11.7 Å². The third kappa shape index (κ3) is 5.42. The molecule has 0 aliphatic heterocycles. The van der Waals surface area contributed by atoms with Gasteiger partial charge in [-0.15, -0.1) is 0 Å². The lowest BCUT2D eigenvalue weighted by Gasteiger charge is -2.16. The Hall–Kier alpha value is -2.66. The van der Waals surface area contributed by atoms with Gasteiger partial charge in [0.05, 0.1) is 11.1 Å². The van der Waals surface area contributed by atoms with E-state index in [1.54, 1.807) is 12.1 Å². The molecular formula is C23H24BrNO3. The fraction of sp³-hybridized carbons (Fsp3) is 0.217. The minimum absolute atomic E-state index is 0.252. The number of phenolic OH excluding ortho intramolecular Hbond substituents is 1. The van der Waals surface area contributed by atoms with Gasteiger partial charge < -0.3 is 19.9 Å². The van der Waals surface area contributed by atoms with Crippen molar-refractivity contribution in [2.45, 2.75) is 27.0 Å². The van der Waals surface area contributed by atoms with Crippen LogP contribution in [0.2, 0.25) is 0 Å². The van der Waals surface area contributed by atoms with Crippen LogP contribution in [0.3, 0.4) is 0 Å². The Morgan fingerprint density at radius 3 is 2.32 bits per heavy atom. The summed E-state index contributed by atoms with van der Waals surface area (Å²) >= 11 is 3.62. The summed E-state index contributed by atoms with van der Waals surface area (Å²) in [6.07, 6.45) is 0. The van der Waals surface area contributed by atoms with E-state index in [-0.39, 0.29) is 5.75 Å². The molecule has 5 heteroatoms. The highest BCUT2D eigenvalue weighted by molar-refractivity contribution is 9.10. The molecule has 4 nitrogen and oxygen atoms in total. The van der Waals surface area contributed by atoms with Crippen LogP contribution in [0.25, 0.3) is 0 Å². The van der Waals surface area contributed by atoms with Crippen LogP contribution in [0.1, 0.15) is 23.6 Å². The molecule has 0 unspecified atom stereocenters. The number of rotatable bonds is 8. The van der Waals surface area contributed by atoms with E-state index in [9.17, 15) is 5.11 Å². The van der Waals surface area contributed by atoms with E-state index in [1.165, 1.54) is 5.56 Å². The lowest BCUT2D eigenvalue weighted by Crippen LogP contribution is -2.04. The van der Waals surface area contributed by atoms with Crippen molar-refractivity contribution in [3.8, 4) is 17.2 Å². The van der Waals surface area contributed by atoms with Gasteiger partial charge in [-0.25, -0.2) is 0 Å². The number of anilines is 1. The van der Waals surface area contributed by atoms with Crippen molar-refractivity contribution in [3.63, 3.8) is 0 Å². The second-order valence-electron chi connectivity index (χ2n) is 6.51. The predicted molar refractivity (Wildman–Crippen MR) is 116 cm³/mol. The minimum atomic E-state index is 0.252. The van der Waals surface area contributed by atoms with Gasteiger partial charge in [0.15, 0.2) is 11.5 Å². The fourth-order valence-corrected chi connectivity index (χ4v) is 3.35. The Labute approximate surface area is 174 Å². The zero-order chi connectivity index (χ0) is 19.9. The van der Waals surface area contributed by atoms with Gasteiger partial charge in [-0.05, 0) is 77.3 Å². The summed E-state index contributed by atoms with van der Waals surface area (Å²) in [6.45, 7) is 5.69. The number of aromatic hydroxyl groups is 1. The molecule has 0 amide bonds. The lowest BCUT2D eigenvalue weighted by atomic mass is 10.1. The summed E-state index contributed by atoms with van der Waals surface area (Å²) < 4.78 is 12.7. The van der Waals surface area contributed by atoms with Crippen LogP contribution >= 0.6 is 15.9 Å². The van der Waals surface area contributed by atoms with Gasteiger partial charge in [0.1, 0.15) is 12.4 Å². The number of aryl methyl sites for hydroxylation is 1. The molecule has 3 aromatic carbocycles. The van der Waals surface area contributed by atoms with Crippen LogP contribution in [0, 0.1) is 6.92 Å². The summed E-state index contributed by atoms with van der Waals surface area (Å²) in [5.41, 5.74) is 4.33. The molecule has 0 aromatic heterocycles. The first-order chi connectivity index (χ1) is 13.5. The average Bonchev–Trinajstić information content (AvgIpc) is 2.68. The van der Waals surface area contributed by atoms with Crippen LogP contribution < -0.4 is 14.8 Å².